The Kier molecular flexibility index (Phi) is 8.33. The van der Waals surface area contributed by atoms with Gasteiger partial charge in [0.1, 0.15) is 6.10 Å². The zero-order chi connectivity index (χ0) is 34.0. The van der Waals surface area contributed by atoms with E-state index in [4.69, 9.17) is 18.9 Å². The summed E-state index contributed by atoms with van der Waals surface area (Å²) in [7, 11) is 2.23. The van der Waals surface area contributed by atoms with Gasteiger partial charge < -0.3 is 23.8 Å². The molecule has 8 aliphatic rings. The predicted octanol–water partition coefficient (Wildman–Crippen LogP) is 7.02. The van der Waals surface area contributed by atoms with Crippen molar-refractivity contribution >= 4 is 5.97 Å². The van der Waals surface area contributed by atoms with E-state index in [0.29, 0.717) is 28.3 Å². The van der Waals surface area contributed by atoms with Gasteiger partial charge in [-0.2, -0.15) is 0 Å². The third-order valence-corrected chi connectivity index (χ3v) is 16.8. The third kappa shape index (κ3) is 5.00. The van der Waals surface area contributed by atoms with Crippen LogP contribution in [0.3, 0.4) is 0 Å². The van der Waals surface area contributed by atoms with Crippen LogP contribution in [0.2, 0.25) is 0 Å². The van der Waals surface area contributed by atoms with E-state index in [1.807, 2.05) is 0 Å². The zero-order valence-corrected chi connectivity index (χ0v) is 31.9. The minimum absolute atomic E-state index is 0.00556. The second kappa shape index (κ2) is 11.6. The molecular formula is C41H68N2O5. The van der Waals surface area contributed by atoms with Crippen molar-refractivity contribution in [2.75, 3.05) is 46.4 Å². The summed E-state index contributed by atoms with van der Waals surface area (Å²) < 4.78 is 26.3. The van der Waals surface area contributed by atoms with Gasteiger partial charge in [0.25, 0.3) is 0 Å². The molecule has 0 N–H and O–H groups in total. The molecule has 48 heavy (non-hydrogen) atoms. The summed E-state index contributed by atoms with van der Waals surface area (Å²) in [5.74, 6) is 4.35. The molecule has 8 fully saturated rings. The van der Waals surface area contributed by atoms with E-state index in [2.05, 4.69) is 65.3 Å². The number of ether oxygens (including phenoxy) is 4. The van der Waals surface area contributed by atoms with Gasteiger partial charge in [-0.1, -0.05) is 48.5 Å². The van der Waals surface area contributed by atoms with Crippen LogP contribution in [0.4, 0.5) is 0 Å². The fraction of sp³-hybridized carbons (Fsp3) is 0.976. The van der Waals surface area contributed by atoms with Crippen molar-refractivity contribution in [3.05, 3.63) is 0 Å². The standard InChI is InChI=1S/C41H68N2O5/c1-25-40-17-16-39(8)29-10-12-31(36(37(3,4)5)46-26(2)44)47-32(29)20-30(39)28(40)11-13-33-38(6,7)34(14-15-41(25,33)40)48-35-24-43(18-19-45-35)23-27-21-42(9)22-27/h25,27-36H,10-24H2,1-9H3. The molecule has 3 saturated heterocycles. The van der Waals surface area contributed by atoms with Gasteiger partial charge in [-0.3, -0.25) is 9.69 Å². The molecule has 3 aliphatic heterocycles. The summed E-state index contributed by atoms with van der Waals surface area (Å²) in [4.78, 5) is 17.1. The molecule has 0 bridgehead atoms. The van der Waals surface area contributed by atoms with Gasteiger partial charge in [0.15, 0.2) is 6.29 Å². The number of morpholine rings is 1. The van der Waals surface area contributed by atoms with E-state index in [1.165, 1.54) is 71.0 Å². The van der Waals surface area contributed by atoms with E-state index in [-0.39, 0.29) is 41.4 Å². The van der Waals surface area contributed by atoms with Gasteiger partial charge in [0.2, 0.25) is 0 Å². The first kappa shape index (κ1) is 34.4. The van der Waals surface area contributed by atoms with Gasteiger partial charge in [-0.05, 0) is 122 Å². The van der Waals surface area contributed by atoms with Crippen LogP contribution in [0, 0.1) is 62.6 Å². The van der Waals surface area contributed by atoms with Crippen LogP contribution in [0.15, 0.2) is 0 Å². The zero-order valence-electron chi connectivity index (χ0n) is 31.9. The molecule has 13 unspecified atom stereocenters. The Morgan fingerprint density at radius 1 is 0.938 bits per heavy atom. The van der Waals surface area contributed by atoms with E-state index in [1.54, 1.807) is 6.92 Å². The maximum absolute atomic E-state index is 12.1. The summed E-state index contributed by atoms with van der Waals surface area (Å²) in [6.45, 7) is 25.0. The average Bonchev–Trinajstić information content (AvgIpc) is 3.38. The van der Waals surface area contributed by atoms with Crippen molar-refractivity contribution in [2.24, 2.45) is 62.6 Å². The van der Waals surface area contributed by atoms with Gasteiger partial charge in [-0.15, -0.1) is 0 Å². The highest BCUT2D eigenvalue weighted by Gasteiger charge is 2.84. The van der Waals surface area contributed by atoms with E-state index < -0.39 is 0 Å². The molecule has 0 radical (unpaired) electrons. The maximum Gasteiger partial charge on any atom is 0.303 e. The number of likely N-dealkylation sites (tertiary alicyclic amines) is 1. The fourth-order valence-electron chi connectivity index (χ4n) is 14.9. The van der Waals surface area contributed by atoms with Crippen molar-refractivity contribution in [1.82, 2.24) is 9.80 Å². The molecule has 7 nitrogen and oxygen atoms in total. The number of carbonyl (C=O) groups excluding carboxylic acids is 1. The molecule has 272 valence electrons. The fourth-order valence-corrected chi connectivity index (χ4v) is 14.9. The maximum atomic E-state index is 12.1. The first-order chi connectivity index (χ1) is 22.6. The van der Waals surface area contributed by atoms with Gasteiger partial charge in [0.05, 0.1) is 24.9 Å². The summed E-state index contributed by atoms with van der Waals surface area (Å²) in [5, 5.41) is 0. The lowest BCUT2D eigenvalue weighted by Gasteiger charge is -2.60. The van der Waals surface area contributed by atoms with Gasteiger partial charge in [0, 0.05) is 45.1 Å². The molecule has 5 saturated carbocycles. The van der Waals surface area contributed by atoms with E-state index in [0.717, 1.165) is 55.7 Å². The van der Waals surface area contributed by atoms with Crippen molar-refractivity contribution in [2.45, 2.75) is 144 Å². The highest BCUT2D eigenvalue weighted by molar-refractivity contribution is 5.66. The highest BCUT2D eigenvalue weighted by Crippen LogP contribution is 2.89. The first-order valence-electron chi connectivity index (χ1n) is 20.1. The summed E-state index contributed by atoms with van der Waals surface area (Å²) in [6, 6.07) is 0. The molecule has 7 heteroatoms. The molecule has 13 atom stereocenters. The van der Waals surface area contributed by atoms with Crippen LogP contribution in [-0.2, 0) is 23.7 Å². The molecule has 5 aliphatic carbocycles. The molecule has 0 aromatic heterocycles. The molecule has 0 amide bonds. The number of nitrogens with zero attached hydrogens (tertiary/aromatic N) is 2. The number of fused-ring (bicyclic) bond motifs is 4. The van der Waals surface area contributed by atoms with Crippen LogP contribution in [0.5, 0.6) is 0 Å². The van der Waals surface area contributed by atoms with E-state index in [9.17, 15) is 4.79 Å². The Bertz CT molecular complexity index is 1240. The molecule has 2 spiro atoms. The Morgan fingerprint density at radius 2 is 1.69 bits per heavy atom. The monoisotopic (exact) mass is 669 g/mol. The second-order valence-corrected chi connectivity index (χ2v) is 20.3. The molecular weight excluding hydrogens is 600 g/mol. The molecule has 0 aromatic rings. The Balaban J connectivity index is 0.963. The Morgan fingerprint density at radius 3 is 2.40 bits per heavy atom. The molecule has 0 aromatic carbocycles. The minimum Gasteiger partial charge on any atom is -0.459 e. The van der Waals surface area contributed by atoms with Crippen LogP contribution in [-0.4, -0.2) is 92.9 Å². The first-order valence-corrected chi connectivity index (χ1v) is 20.1. The summed E-state index contributed by atoms with van der Waals surface area (Å²) in [6.07, 6.45) is 11.7. The number of hydrogen-bond acceptors (Lipinski definition) is 7. The van der Waals surface area contributed by atoms with Crippen molar-refractivity contribution in [3.8, 4) is 0 Å². The lowest BCUT2D eigenvalue weighted by molar-refractivity contribution is -0.246. The van der Waals surface area contributed by atoms with Crippen LogP contribution in [0.25, 0.3) is 0 Å². The highest BCUT2D eigenvalue weighted by atomic mass is 16.7. The quantitative estimate of drug-likeness (QED) is 0.282. The SMILES string of the molecule is CC(=O)OC(C1CCC2C(CC3C4CCC5C(C)(C)C(OC6CN(CC7CN(C)C7)CCO6)CCC56C(C)C46CCC23C)O1)C(C)(C)C. The topological polar surface area (TPSA) is 60.5 Å². The second-order valence-electron chi connectivity index (χ2n) is 20.3. The van der Waals surface area contributed by atoms with E-state index >= 15 is 0 Å². The number of carbonyl (C=O) groups is 1. The number of rotatable bonds is 6. The number of hydrogen-bond donors (Lipinski definition) is 0. The normalized spacial score (nSPS) is 49.4. The largest absolute Gasteiger partial charge is 0.459 e. The van der Waals surface area contributed by atoms with Crippen LogP contribution in [0.1, 0.15) is 113 Å². The lowest BCUT2D eigenvalue weighted by Crippen LogP contribution is -2.57. The number of esters is 1. The smallest absolute Gasteiger partial charge is 0.303 e. The van der Waals surface area contributed by atoms with Crippen molar-refractivity contribution in [3.63, 3.8) is 0 Å². The Labute approximate surface area is 291 Å². The third-order valence-electron chi connectivity index (χ3n) is 16.8. The summed E-state index contributed by atoms with van der Waals surface area (Å²) in [5.41, 5.74) is 1.36. The van der Waals surface area contributed by atoms with Gasteiger partial charge >= 0.3 is 5.97 Å². The van der Waals surface area contributed by atoms with Crippen molar-refractivity contribution in [1.29, 1.82) is 0 Å². The van der Waals surface area contributed by atoms with Crippen molar-refractivity contribution < 1.29 is 23.7 Å². The van der Waals surface area contributed by atoms with Crippen LogP contribution < -0.4 is 0 Å². The molecule has 8 rings (SSSR count). The minimum atomic E-state index is -0.189. The molecule has 3 heterocycles. The average molecular weight is 669 g/mol. The lowest BCUT2D eigenvalue weighted by atomic mass is 9.46. The van der Waals surface area contributed by atoms with Gasteiger partial charge in [-0.25, -0.2) is 0 Å². The summed E-state index contributed by atoms with van der Waals surface area (Å²) >= 11 is 0. The van der Waals surface area contributed by atoms with Crippen LogP contribution >= 0.6 is 0 Å². The Hall–Kier alpha value is -0.730. The predicted molar refractivity (Wildman–Crippen MR) is 187 cm³/mol.